The minimum Gasteiger partial charge on any atom is -0.396 e. The van der Waals surface area contributed by atoms with Gasteiger partial charge < -0.3 is 5.11 Å². The molecule has 3 nitrogen and oxygen atoms in total. The van der Waals surface area contributed by atoms with Crippen LogP contribution >= 0.6 is 0 Å². The van der Waals surface area contributed by atoms with Crippen LogP contribution in [0.3, 0.4) is 0 Å². The number of nitrogens with zero attached hydrogens (tertiary/aromatic N) is 1. The van der Waals surface area contributed by atoms with Crippen molar-refractivity contribution in [3.05, 3.63) is 34.9 Å². The van der Waals surface area contributed by atoms with Crippen molar-refractivity contribution in [1.82, 2.24) is 4.90 Å². The lowest BCUT2D eigenvalue weighted by atomic mass is 10.0. The topological polar surface area (TPSA) is 40.5 Å². The molecule has 110 valence electrons. The third-order valence-electron chi connectivity index (χ3n) is 4.37. The molecule has 1 heterocycles. The van der Waals surface area contributed by atoms with E-state index < -0.39 is 0 Å². The first-order valence-electron chi connectivity index (χ1n) is 7.57. The molecule has 0 amide bonds. The molecule has 1 aliphatic rings. The van der Waals surface area contributed by atoms with Gasteiger partial charge in [-0.15, -0.1) is 0 Å². The molecule has 0 radical (unpaired) electrons. The first-order valence-corrected chi connectivity index (χ1v) is 7.57. The van der Waals surface area contributed by atoms with Gasteiger partial charge in [0.1, 0.15) is 0 Å². The number of aliphatic hydroxyl groups excluding tert-OH is 1. The van der Waals surface area contributed by atoms with Crippen molar-refractivity contribution in [2.24, 2.45) is 0 Å². The van der Waals surface area contributed by atoms with Gasteiger partial charge in [0.2, 0.25) is 0 Å². The first-order chi connectivity index (χ1) is 9.61. The number of Topliss-reactive ketones (excluding diaryl/α,β-unsaturated/α-hetero) is 1. The molecule has 1 atom stereocenters. The number of likely N-dealkylation sites (tertiary alicyclic amines) is 1. The second kappa shape index (κ2) is 7.00. The van der Waals surface area contributed by atoms with Gasteiger partial charge in [-0.3, -0.25) is 9.69 Å². The maximum atomic E-state index is 12.4. The summed E-state index contributed by atoms with van der Waals surface area (Å²) in [5.74, 6) is 0.212. The maximum absolute atomic E-state index is 12.4. The van der Waals surface area contributed by atoms with Crippen molar-refractivity contribution >= 4 is 5.78 Å². The summed E-state index contributed by atoms with van der Waals surface area (Å²) < 4.78 is 0. The van der Waals surface area contributed by atoms with Crippen molar-refractivity contribution in [3.8, 4) is 0 Å². The number of carbonyl (C=O) groups is 1. The molecular weight excluding hydrogens is 250 g/mol. The molecule has 1 unspecified atom stereocenters. The fraction of sp³-hybridized carbons (Fsp3) is 0.588. The Morgan fingerprint density at radius 1 is 1.35 bits per heavy atom. The molecule has 3 heteroatoms. The number of hydrogen-bond acceptors (Lipinski definition) is 3. The summed E-state index contributed by atoms with van der Waals surface area (Å²) in [6.07, 6.45) is 4.15. The minimum atomic E-state index is 0.212. The van der Waals surface area contributed by atoms with Crippen LogP contribution in [0, 0.1) is 13.8 Å². The predicted octanol–water partition coefficient (Wildman–Crippen LogP) is 2.72. The molecule has 1 saturated heterocycles. The van der Waals surface area contributed by atoms with Crippen molar-refractivity contribution in [2.45, 2.75) is 45.6 Å². The van der Waals surface area contributed by atoms with Gasteiger partial charge in [-0.1, -0.05) is 12.1 Å². The predicted molar refractivity (Wildman–Crippen MR) is 81.2 cm³/mol. The molecule has 0 saturated carbocycles. The lowest BCUT2D eigenvalue weighted by Gasteiger charge is -2.23. The standard InChI is InChI=1S/C17H25NO2/c1-13-7-8-15(11-14(13)2)17(20)12-18-9-3-5-16(18)6-4-10-19/h7-8,11,16,19H,3-6,9-10,12H2,1-2H3. The number of aryl methyl sites for hydroxylation is 2. The average Bonchev–Trinajstić information content (AvgIpc) is 2.86. The van der Waals surface area contributed by atoms with Gasteiger partial charge in [0.25, 0.3) is 0 Å². The van der Waals surface area contributed by atoms with Gasteiger partial charge in [-0.2, -0.15) is 0 Å². The van der Waals surface area contributed by atoms with Gasteiger partial charge >= 0.3 is 0 Å². The highest BCUT2D eigenvalue weighted by Gasteiger charge is 2.25. The zero-order valence-corrected chi connectivity index (χ0v) is 12.6. The number of benzene rings is 1. The van der Waals surface area contributed by atoms with Gasteiger partial charge in [0, 0.05) is 18.2 Å². The SMILES string of the molecule is Cc1ccc(C(=O)CN2CCCC2CCCO)cc1C. The highest BCUT2D eigenvalue weighted by Crippen LogP contribution is 2.22. The van der Waals surface area contributed by atoms with Crippen molar-refractivity contribution in [2.75, 3.05) is 19.7 Å². The van der Waals surface area contributed by atoms with E-state index in [1.165, 1.54) is 11.1 Å². The first kappa shape index (κ1) is 15.2. The zero-order valence-electron chi connectivity index (χ0n) is 12.6. The highest BCUT2D eigenvalue weighted by atomic mass is 16.2. The molecule has 0 aromatic heterocycles. The van der Waals surface area contributed by atoms with E-state index in [1.807, 2.05) is 25.1 Å². The Balaban J connectivity index is 1.97. The van der Waals surface area contributed by atoms with Crippen LogP contribution < -0.4 is 0 Å². The summed E-state index contributed by atoms with van der Waals surface area (Å²) in [7, 11) is 0. The molecule has 1 fully saturated rings. The molecule has 0 bridgehead atoms. The zero-order chi connectivity index (χ0) is 14.5. The fourth-order valence-electron chi connectivity index (χ4n) is 2.95. The molecule has 0 aliphatic carbocycles. The van der Waals surface area contributed by atoms with E-state index >= 15 is 0 Å². The molecule has 20 heavy (non-hydrogen) atoms. The third kappa shape index (κ3) is 3.68. The van der Waals surface area contributed by atoms with Crippen LogP contribution in [0.5, 0.6) is 0 Å². The van der Waals surface area contributed by atoms with E-state index in [2.05, 4.69) is 11.8 Å². The normalized spacial score (nSPS) is 19.4. The Labute approximate surface area is 121 Å². The lowest BCUT2D eigenvalue weighted by Crippen LogP contribution is -2.34. The molecule has 0 spiro atoms. The molecular formula is C17H25NO2. The van der Waals surface area contributed by atoms with E-state index in [-0.39, 0.29) is 12.4 Å². The van der Waals surface area contributed by atoms with Gasteiger partial charge in [0.05, 0.1) is 6.54 Å². The molecule has 1 aromatic rings. The van der Waals surface area contributed by atoms with Crippen LogP contribution in [0.1, 0.15) is 47.2 Å². The Morgan fingerprint density at radius 2 is 2.15 bits per heavy atom. The summed E-state index contributed by atoms with van der Waals surface area (Å²) >= 11 is 0. The van der Waals surface area contributed by atoms with Gasteiger partial charge in [-0.05, 0) is 63.3 Å². The second-order valence-corrected chi connectivity index (χ2v) is 5.85. The Morgan fingerprint density at radius 3 is 2.85 bits per heavy atom. The summed E-state index contributed by atoms with van der Waals surface area (Å²) in [4.78, 5) is 14.7. The number of carbonyl (C=O) groups excluding carboxylic acids is 1. The summed E-state index contributed by atoms with van der Waals surface area (Å²) in [6, 6.07) is 6.42. The fourth-order valence-corrected chi connectivity index (χ4v) is 2.95. The Bertz CT molecular complexity index is 470. The van der Waals surface area contributed by atoms with E-state index in [1.54, 1.807) is 0 Å². The van der Waals surface area contributed by atoms with Gasteiger partial charge in [-0.25, -0.2) is 0 Å². The number of aliphatic hydroxyl groups is 1. The highest BCUT2D eigenvalue weighted by molar-refractivity contribution is 5.97. The average molecular weight is 275 g/mol. The van der Waals surface area contributed by atoms with Crippen LogP contribution in [0.2, 0.25) is 0 Å². The van der Waals surface area contributed by atoms with E-state index in [9.17, 15) is 4.79 Å². The van der Waals surface area contributed by atoms with Gasteiger partial charge in [0.15, 0.2) is 5.78 Å². The van der Waals surface area contributed by atoms with Crippen LogP contribution in [0.4, 0.5) is 0 Å². The number of hydrogen-bond donors (Lipinski definition) is 1. The summed E-state index contributed by atoms with van der Waals surface area (Å²) in [6.45, 7) is 5.88. The Kier molecular flexibility index (Phi) is 5.32. The van der Waals surface area contributed by atoms with Crippen molar-refractivity contribution in [1.29, 1.82) is 0 Å². The molecule has 2 rings (SSSR count). The molecule has 1 N–H and O–H groups in total. The lowest BCUT2D eigenvalue weighted by molar-refractivity contribution is 0.0915. The van der Waals surface area contributed by atoms with Crippen LogP contribution in [0.15, 0.2) is 18.2 Å². The second-order valence-electron chi connectivity index (χ2n) is 5.85. The quantitative estimate of drug-likeness (QED) is 0.812. The Hall–Kier alpha value is -1.19. The largest absolute Gasteiger partial charge is 0.396 e. The summed E-state index contributed by atoms with van der Waals surface area (Å²) in [5, 5.41) is 8.94. The number of ketones is 1. The van der Waals surface area contributed by atoms with Crippen molar-refractivity contribution < 1.29 is 9.90 Å². The van der Waals surface area contributed by atoms with Crippen LogP contribution in [-0.4, -0.2) is 41.5 Å². The summed E-state index contributed by atoms with van der Waals surface area (Å²) in [5.41, 5.74) is 3.22. The van der Waals surface area contributed by atoms with Crippen LogP contribution in [0.25, 0.3) is 0 Å². The minimum absolute atomic E-state index is 0.212. The molecule has 1 aliphatic heterocycles. The van der Waals surface area contributed by atoms with Crippen molar-refractivity contribution in [3.63, 3.8) is 0 Å². The van der Waals surface area contributed by atoms with E-state index in [4.69, 9.17) is 5.11 Å². The smallest absolute Gasteiger partial charge is 0.176 e. The van der Waals surface area contributed by atoms with E-state index in [0.717, 1.165) is 37.8 Å². The number of rotatable bonds is 6. The van der Waals surface area contributed by atoms with E-state index in [0.29, 0.717) is 12.6 Å². The monoisotopic (exact) mass is 275 g/mol. The third-order valence-corrected chi connectivity index (χ3v) is 4.37. The maximum Gasteiger partial charge on any atom is 0.176 e. The molecule has 1 aromatic carbocycles. The van der Waals surface area contributed by atoms with Crippen LogP contribution in [-0.2, 0) is 0 Å².